The summed E-state index contributed by atoms with van der Waals surface area (Å²) in [4.78, 5) is 14.0. The van der Waals surface area contributed by atoms with E-state index in [2.05, 4.69) is 11.4 Å². The summed E-state index contributed by atoms with van der Waals surface area (Å²) in [5, 5.41) is 11.5. The fourth-order valence-corrected chi connectivity index (χ4v) is 2.36. The number of hydrogen-bond donors (Lipinski definition) is 1. The van der Waals surface area contributed by atoms with Crippen molar-refractivity contribution in [3.05, 3.63) is 34.6 Å². The van der Waals surface area contributed by atoms with E-state index in [0.717, 1.165) is 32.0 Å². The van der Waals surface area contributed by atoms with Gasteiger partial charge in [0.1, 0.15) is 5.82 Å². The summed E-state index contributed by atoms with van der Waals surface area (Å²) in [6.45, 7) is 1.99. The minimum Gasteiger partial charge on any atom is -0.349 e. The molecule has 2 rings (SSSR count). The third kappa shape index (κ3) is 3.69. The molecular formula is C14H15ClFN3O. The normalized spacial score (nSPS) is 16.6. The number of hydrogen-bond acceptors (Lipinski definition) is 3. The fourth-order valence-electron chi connectivity index (χ4n) is 2.24. The molecule has 0 aliphatic carbocycles. The Morgan fingerprint density at radius 1 is 1.50 bits per heavy atom. The third-order valence-corrected chi connectivity index (χ3v) is 3.71. The van der Waals surface area contributed by atoms with E-state index in [4.69, 9.17) is 16.9 Å². The Morgan fingerprint density at radius 3 is 2.80 bits per heavy atom. The summed E-state index contributed by atoms with van der Waals surface area (Å²) < 4.78 is 13.3. The highest BCUT2D eigenvalue weighted by Gasteiger charge is 2.21. The number of likely N-dealkylation sites (tertiary alicyclic amines) is 1. The van der Waals surface area contributed by atoms with Gasteiger partial charge in [0.05, 0.1) is 17.6 Å². The summed E-state index contributed by atoms with van der Waals surface area (Å²) in [6.07, 6.45) is 1.59. The Morgan fingerprint density at radius 2 is 2.20 bits per heavy atom. The van der Waals surface area contributed by atoms with Crippen LogP contribution in [-0.2, 0) is 0 Å². The number of nitrogens with zero attached hydrogens (tertiary/aromatic N) is 2. The summed E-state index contributed by atoms with van der Waals surface area (Å²) in [5.41, 5.74) is 0.270. The molecule has 0 saturated carbocycles. The van der Waals surface area contributed by atoms with Crippen LogP contribution in [-0.4, -0.2) is 36.5 Å². The van der Waals surface area contributed by atoms with Crippen LogP contribution in [0.2, 0.25) is 5.02 Å². The molecule has 1 amide bonds. The van der Waals surface area contributed by atoms with Gasteiger partial charge in [-0.15, -0.1) is 0 Å². The van der Waals surface area contributed by atoms with Crippen molar-refractivity contribution < 1.29 is 9.18 Å². The lowest BCUT2D eigenvalue weighted by atomic mass is 10.0. The number of benzene rings is 1. The average molecular weight is 296 g/mol. The number of piperidine rings is 1. The van der Waals surface area contributed by atoms with Gasteiger partial charge in [-0.1, -0.05) is 11.6 Å². The lowest BCUT2D eigenvalue weighted by Gasteiger charge is -2.30. The largest absolute Gasteiger partial charge is 0.349 e. The minimum absolute atomic E-state index is 0.00589. The molecular weight excluding hydrogens is 281 g/mol. The molecule has 1 aromatic carbocycles. The van der Waals surface area contributed by atoms with Gasteiger partial charge in [0.25, 0.3) is 5.91 Å². The second-order valence-corrected chi connectivity index (χ2v) is 5.22. The topological polar surface area (TPSA) is 56.1 Å². The van der Waals surface area contributed by atoms with Gasteiger partial charge >= 0.3 is 0 Å². The van der Waals surface area contributed by atoms with Crippen LogP contribution in [0.5, 0.6) is 0 Å². The molecule has 6 heteroatoms. The first kappa shape index (κ1) is 14.8. The standard InChI is InChI=1S/C14H15ClFN3O/c15-12-2-1-10(9-13(12)16)14(20)18-11-3-6-19(7-4-11)8-5-17/h1-2,9,11H,3-4,6-8H2,(H,18,20). The molecule has 1 heterocycles. The maximum Gasteiger partial charge on any atom is 0.251 e. The van der Waals surface area contributed by atoms with E-state index in [1.807, 2.05) is 4.90 Å². The third-order valence-electron chi connectivity index (χ3n) is 3.40. The van der Waals surface area contributed by atoms with Gasteiger partial charge in [-0.05, 0) is 31.0 Å². The molecule has 0 spiro atoms. The van der Waals surface area contributed by atoms with Crippen LogP contribution in [0.3, 0.4) is 0 Å². The molecule has 1 aromatic rings. The van der Waals surface area contributed by atoms with Gasteiger partial charge in [0, 0.05) is 24.7 Å². The molecule has 1 aliphatic rings. The van der Waals surface area contributed by atoms with E-state index >= 15 is 0 Å². The zero-order valence-electron chi connectivity index (χ0n) is 10.9. The van der Waals surface area contributed by atoms with Crippen LogP contribution in [0, 0.1) is 17.1 Å². The van der Waals surface area contributed by atoms with E-state index in [1.165, 1.54) is 12.1 Å². The molecule has 1 fully saturated rings. The first-order chi connectivity index (χ1) is 9.60. The van der Waals surface area contributed by atoms with Gasteiger partial charge in [-0.3, -0.25) is 9.69 Å². The van der Waals surface area contributed by atoms with Gasteiger partial charge in [-0.25, -0.2) is 4.39 Å². The number of carbonyl (C=O) groups is 1. The zero-order chi connectivity index (χ0) is 14.5. The Kier molecular flexibility index (Phi) is 4.94. The van der Waals surface area contributed by atoms with Crippen LogP contribution in [0.15, 0.2) is 18.2 Å². The number of halogens is 2. The molecule has 0 bridgehead atoms. The first-order valence-corrected chi connectivity index (χ1v) is 6.83. The highest BCUT2D eigenvalue weighted by molar-refractivity contribution is 6.30. The Bertz CT molecular complexity index is 536. The molecule has 4 nitrogen and oxygen atoms in total. The second kappa shape index (κ2) is 6.69. The van der Waals surface area contributed by atoms with Gasteiger partial charge in [-0.2, -0.15) is 5.26 Å². The SMILES string of the molecule is N#CCN1CCC(NC(=O)c2ccc(Cl)c(F)c2)CC1. The Hall–Kier alpha value is -1.64. The molecule has 0 unspecified atom stereocenters. The lowest BCUT2D eigenvalue weighted by Crippen LogP contribution is -2.44. The predicted octanol–water partition coefficient (Wildman–Crippen LogP) is 2.20. The monoisotopic (exact) mass is 295 g/mol. The summed E-state index contributed by atoms with van der Waals surface area (Å²) in [5.74, 6) is -0.887. The van der Waals surface area contributed by atoms with Crippen molar-refractivity contribution in [2.75, 3.05) is 19.6 Å². The fraction of sp³-hybridized carbons (Fsp3) is 0.429. The van der Waals surface area contributed by atoms with Crippen LogP contribution in [0.25, 0.3) is 0 Å². The highest BCUT2D eigenvalue weighted by Crippen LogP contribution is 2.16. The lowest BCUT2D eigenvalue weighted by molar-refractivity contribution is 0.0914. The van der Waals surface area contributed by atoms with Crippen LogP contribution >= 0.6 is 11.6 Å². The van der Waals surface area contributed by atoms with E-state index in [-0.39, 0.29) is 22.5 Å². The van der Waals surface area contributed by atoms with Crippen LogP contribution in [0.4, 0.5) is 4.39 Å². The maximum atomic E-state index is 13.3. The van der Waals surface area contributed by atoms with Crippen molar-refractivity contribution in [3.63, 3.8) is 0 Å². The summed E-state index contributed by atoms with van der Waals surface area (Å²) >= 11 is 5.58. The van der Waals surface area contributed by atoms with Crippen molar-refractivity contribution in [3.8, 4) is 6.07 Å². The number of nitriles is 1. The van der Waals surface area contributed by atoms with Gasteiger partial charge in [0.2, 0.25) is 0 Å². The van der Waals surface area contributed by atoms with Crippen molar-refractivity contribution in [2.45, 2.75) is 18.9 Å². The summed E-state index contributed by atoms with van der Waals surface area (Å²) in [7, 11) is 0. The van der Waals surface area contributed by atoms with Crippen molar-refractivity contribution in [1.29, 1.82) is 5.26 Å². The molecule has 106 valence electrons. The quantitative estimate of drug-likeness (QED) is 0.870. The van der Waals surface area contributed by atoms with Gasteiger partial charge < -0.3 is 5.32 Å². The smallest absolute Gasteiger partial charge is 0.251 e. The Balaban J connectivity index is 1.89. The van der Waals surface area contributed by atoms with Crippen LogP contribution < -0.4 is 5.32 Å². The number of amides is 1. The average Bonchev–Trinajstić information content (AvgIpc) is 2.44. The number of carbonyl (C=O) groups excluding carboxylic acids is 1. The number of rotatable bonds is 3. The van der Waals surface area contributed by atoms with Crippen LogP contribution in [0.1, 0.15) is 23.2 Å². The van der Waals surface area contributed by atoms with Gasteiger partial charge in [0.15, 0.2) is 0 Å². The molecule has 0 radical (unpaired) electrons. The minimum atomic E-state index is -0.594. The molecule has 1 N–H and O–H groups in total. The van der Waals surface area contributed by atoms with E-state index in [0.29, 0.717) is 6.54 Å². The molecule has 0 atom stereocenters. The van der Waals surface area contributed by atoms with Crippen molar-refractivity contribution in [1.82, 2.24) is 10.2 Å². The first-order valence-electron chi connectivity index (χ1n) is 6.45. The van der Waals surface area contributed by atoms with Crippen molar-refractivity contribution >= 4 is 17.5 Å². The second-order valence-electron chi connectivity index (χ2n) is 4.81. The Labute approximate surface area is 122 Å². The molecule has 1 saturated heterocycles. The summed E-state index contributed by atoms with van der Waals surface area (Å²) in [6, 6.07) is 6.20. The zero-order valence-corrected chi connectivity index (χ0v) is 11.7. The van der Waals surface area contributed by atoms with E-state index in [1.54, 1.807) is 0 Å². The molecule has 0 aromatic heterocycles. The van der Waals surface area contributed by atoms with E-state index in [9.17, 15) is 9.18 Å². The van der Waals surface area contributed by atoms with E-state index < -0.39 is 5.82 Å². The highest BCUT2D eigenvalue weighted by atomic mass is 35.5. The molecule has 1 aliphatic heterocycles. The van der Waals surface area contributed by atoms with Crippen molar-refractivity contribution in [2.24, 2.45) is 0 Å². The maximum absolute atomic E-state index is 13.3. The molecule has 20 heavy (non-hydrogen) atoms. The number of nitrogens with one attached hydrogen (secondary N) is 1. The predicted molar refractivity (Wildman–Crippen MR) is 74.0 cm³/mol.